The van der Waals surface area contributed by atoms with Gasteiger partial charge in [0.25, 0.3) is 11.5 Å². The van der Waals surface area contributed by atoms with Crippen molar-refractivity contribution in [3.8, 4) is 0 Å². The van der Waals surface area contributed by atoms with Crippen molar-refractivity contribution in [3.63, 3.8) is 0 Å². The molecule has 0 bridgehead atoms. The van der Waals surface area contributed by atoms with E-state index in [0.717, 1.165) is 0 Å². The van der Waals surface area contributed by atoms with Gasteiger partial charge in [-0.3, -0.25) is 14.2 Å². The van der Waals surface area contributed by atoms with Gasteiger partial charge in [0, 0.05) is 19.7 Å². The molecule has 1 aromatic heterocycles. The van der Waals surface area contributed by atoms with Crippen LogP contribution in [0.3, 0.4) is 0 Å². The van der Waals surface area contributed by atoms with E-state index in [0.29, 0.717) is 28.7 Å². The molecule has 0 aliphatic carbocycles. The van der Waals surface area contributed by atoms with Crippen LogP contribution in [0.1, 0.15) is 61.9 Å². The van der Waals surface area contributed by atoms with E-state index in [4.69, 9.17) is 4.98 Å². The molecule has 1 unspecified atom stereocenters. The van der Waals surface area contributed by atoms with E-state index in [-0.39, 0.29) is 22.9 Å². The highest BCUT2D eigenvalue weighted by atomic mass is 16.2. The van der Waals surface area contributed by atoms with Crippen molar-refractivity contribution in [1.82, 2.24) is 14.5 Å². The molecule has 3 rings (SSSR count). The first-order valence-corrected chi connectivity index (χ1v) is 9.98. The zero-order valence-electron chi connectivity index (χ0n) is 18.1. The summed E-state index contributed by atoms with van der Waals surface area (Å²) in [5.41, 5.74) is 2.40. The number of carbonyl (C=O) groups excluding carboxylic acids is 1. The van der Waals surface area contributed by atoms with Gasteiger partial charge in [-0.15, -0.1) is 0 Å². The van der Waals surface area contributed by atoms with Crippen LogP contribution in [0.5, 0.6) is 0 Å². The maximum Gasteiger partial charge on any atom is 0.261 e. The first kappa shape index (κ1) is 20.8. The predicted molar refractivity (Wildman–Crippen MR) is 117 cm³/mol. The fraction of sp³-hybridized carbons (Fsp3) is 0.375. The van der Waals surface area contributed by atoms with Crippen LogP contribution in [0.15, 0.2) is 53.3 Å². The highest BCUT2D eigenvalue weighted by Crippen LogP contribution is 2.26. The second-order valence-electron chi connectivity index (χ2n) is 8.52. The summed E-state index contributed by atoms with van der Waals surface area (Å²) < 4.78 is 1.56. The van der Waals surface area contributed by atoms with Gasteiger partial charge in [0.15, 0.2) is 0 Å². The van der Waals surface area contributed by atoms with Crippen LogP contribution >= 0.6 is 0 Å². The quantitative estimate of drug-likeness (QED) is 0.660. The summed E-state index contributed by atoms with van der Waals surface area (Å²) in [6.07, 6.45) is 0.654. The Morgan fingerprint density at radius 3 is 2.31 bits per heavy atom. The molecule has 0 saturated carbocycles. The number of para-hydroxylation sites is 1. The third-order valence-corrected chi connectivity index (χ3v) is 5.49. The smallest absolute Gasteiger partial charge is 0.261 e. The molecule has 5 heteroatoms. The minimum atomic E-state index is -0.299. The summed E-state index contributed by atoms with van der Waals surface area (Å²) in [6.45, 7) is 8.44. The Labute approximate surface area is 172 Å². The van der Waals surface area contributed by atoms with E-state index < -0.39 is 0 Å². The third kappa shape index (κ3) is 3.95. The number of fused-ring (bicyclic) bond motifs is 1. The van der Waals surface area contributed by atoms with Gasteiger partial charge < -0.3 is 4.90 Å². The van der Waals surface area contributed by atoms with E-state index in [2.05, 4.69) is 20.8 Å². The molecule has 0 radical (unpaired) electrons. The fourth-order valence-corrected chi connectivity index (χ4v) is 3.62. The van der Waals surface area contributed by atoms with Gasteiger partial charge in [-0.2, -0.15) is 0 Å². The molecule has 152 valence electrons. The number of hydrogen-bond acceptors (Lipinski definition) is 3. The Kier molecular flexibility index (Phi) is 5.60. The van der Waals surface area contributed by atoms with Gasteiger partial charge in [0.2, 0.25) is 0 Å². The Bertz CT molecular complexity index is 1090. The maximum absolute atomic E-state index is 13.1. The molecule has 3 aromatic rings. The van der Waals surface area contributed by atoms with Gasteiger partial charge in [-0.05, 0) is 41.7 Å². The minimum Gasteiger partial charge on any atom is -0.332 e. The SMILES string of the molecule is CCC(c1nc2ccccc2c(=O)n1C)N(C)C(=O)c1ccc(C(C)(C)C)cc1. The molecule has 1 heterocycles. The van der Waals surface area contributed by atoms with E-state index >= 15 is 0 Å². The standard InChI is InChI=1S/C24H29N3O2/c1-7-20(21-25-19-11-9-8-10-18(19)23(29)27(21)6)26(5)22(28)16-12-14-17(15-13-16)24(2,3)4/h8-15,20H,7H2,1-6H3. The first-order valence-electron chi connectivity index (χ1n) is 9.98. The summed E-state index contributed by atoms with van der Waals surface area (Å²) >= 11 is 0. The summed E-state index contributed by atoms with van der Waals surface area (Å²) in [4.78, 5) is 32.3. The normalized spacial score (nSPS) is 12.8. The van der Waals surface area contributed by atoms with Crippen molar-refractivity contribution in [3.05, 3.63) is 75.8 Å². The Morgan fingerprint density at radius 1 is 1.10 bits per heavy atom. The topological polar surface area (TPSA) is 55.2 Å². The van der Waals surface area contributed by atoms with Crippen LogP contribution in [-0.4, -0.2) is 27.4 Å². The number of hydrogen-bond donors (Lipinski definition) is 0. The van der Waals surface area contributed by atoms with Gasteiger partial charge in [0.05, 0.1) is 16.9 Å². The zero-order valence-corrected chi connectivity index (χ0v) is 18.1. The number of rotatable bonds is 4. The van der Waals surface area contributed by atoms with Crippen molar-refractivity contribution >= 4 is 16.8 Å². The van der Waals surface area contributed by atoms with E-state index in [1.807, 2.05) is 49.4 Å². The second-order valence-corrected chi connectivity index (χ2v) is 8.52. The molecular formula is C24H29N3O2. The number of aromatic nitrogens is 2. The van der Waals surface area contributed by atoms with Crippen LogP contribution in [0.2, 0.25) is 0 Å². The van der Waals surface area contributed by atoms with Crippen LogP contribution in [-0.2, 0) is 12.5 Å². The van der Waals surface area contributed by atoms with E-state index in [1.165, 1.54) is 5.56 Å². The lowest BCUT2D eigenvalue weighted by atomic mass is 9.86. The van der Waals surface area contributed by atoms with Crippen LogP contribution in [0, 0.1) is 0 Å². The van der Waals surface area contributed by atoms with Crippen molar-refractivity contribution < 1.29 is 4.79 Å². The summed E-state index contributed by atoms with van der Waals surface area (Å²) in [5.74, 6) is 0.512. The van der Waals surface area contributed by atoms with Crippen molar-refractivity contribution in [2.24, 2.45) is 7.05 Å². The first-order chi connectivity index (χ1) is 13.6. The average Bonchev–Trinajstić information content (AvgIpc) is 2.71. The second kappa shape index (κ2) is 7.82. The Hall–Kier alpha value is -2.95. The summed E-state index contributed by atoms with van der Waals surface area (Å²) in [5, 5.41) is 0.584. The number of amides is 1. The minimum absolute atomic E-state index is 0.0345. The highest BCUT2D eigenvalue weighted by Gasteiger charge is 2.26. The van der Waals surface area contributed by atoms with Crippen LogP contribution in [0.25, 0.3) is 10.9 Å². The Balaban J connectivity index is 1.98. The lowest BCUT2D eigenvalue weighted by Gasteiger charge is -2.28. The molecule has 0 N–H and O–H groups in total. The van der Waals surface area contributed by atoms with Gasteiger partial charge in [0.1, 0.15) is 5.82 Å². The number of carbonyl (C=O) groups is 1. The molecule has 1 atom stereocenters. The molecule has 1 amide bonds. The molecule has 0 fully saturated rings. The lowest BCUT2D eigenvalue weighted by Crippen LogP contribution is -2.35. The van der Waals surface area contributed by atoms with Crippen molar-refractivity contribution in [1.29, 1.82) is 0 Å². The van der Waals surface area contributed by atoms with Gasteiger partial charge >= 0.3 is 0 Å². The summed E-state index contributed by atoms with van der Waals surface area (Å²) in [7, 11) is 3.49. The summed E-state index contributed by atoms with van der Waals surface area (Å²) in [6, 6.07) is 14.8. The molecule has 2 aromatic carbocycles. The monoisotopic (exact) mass is 391 g/mol. The molecular weight excluding hydrogens is 362 g/mol. The average molecular weight is 392 g/mol. The largest absolute Gasteiger partial charge is 0.332 e. The van der Waals surface area contributed by atoms with E-state index in [9.17, 15) is 9.59 Å². The molecule has 0 aliphatic heterocycles. The molecule has 0 saturated heterocycles. The Morgan fingerprint density at radius 2 is 1.72 bits per heavy atom. The third-order valence-electron chi connectivity index (χ3n) is 5.49. The highest BCUT2D eigenvalue weighted by molar-refractivity contribution is 5.94. The maximum atomic E-state index is 13.1. The fourth-order valence-electron chi connectivity index (χ4n) is 3.62. The van der Waals surface area contributed by atoms with Gasteiger partial charge in [-0.25, -0.2) is 4.98 Å². The van der Waals surface area contributed by atoms with Crippen molar-refractivity contribution in [2.45, 2.75) is 45.6 Å². The van der Waals surface area contributed by atoms with Crippen LogP contribution in [0.4, 0.5) is 0 Å². The number of nitrogens with zero attached hydrogens (tertiary/aromatic N) is 3. The van der Waals surface area contributed by atoms with Gasteiger partial charge in [-0.1, -0.05) is 52.0 Å². The molecule has 5 nitrogen and oxygen atoms in total. The molecule has 29 heavy (non-hydrogen) atoms. The lowest BCUT2D eigenvalue weighted by molar-refractivity contribution is 0.0716. The molecule has 0 aliphatic rings. The number of benzene rings is 2. The zero-order chi connectivity index (χ0) is 21.3. The van der Waals surface area contributed by atoms with Crippen molar-refractivity contribution in [2.75, 3.05) is 7.05 Å². The van der Waals surface area contributed by atoms with Crippen LogP contribution < -0.4 is 5.56 Å². The van der Waals surface area contributed by atoms with E-state index in [1.54, 1.807) is 29.6 Å². The predicted octanol–water partition coefficient (Wildman–Crippen LogP) is 4.45. The molecule has 0 spiro atoms.